The zero-order valence-corrected chi connectivity index (χ0v) is 12.4. The molecule has 0 atom stereocenters. The molecular formula is C15H34BO. The molecule has 17 heavy (non-hydrogen) atoms. The molecule has 1 rings (SSSR count). The fourth-order valence-corrected chi connectivity index (χ4v) is 2.58. The van der Waals surface area contributed by atoms with Gasteiger partial charge in [0.15, 0.2) is 0 Å². The molecule has 1 aliphatic heterocycles. The van der Waals surface area contributed by atoms with Crippen LogP contribution in [0.4, 0.5) is 0 Å². The standard InChI is InChI=1S/C11H22O.C3H8.CH4.B/c1-6-9-7-10(2,3)12-11(4,5)8-9;1-3-2;;/h9H,6-8H2,1-5H3;3H2,1-2H3;1H4;. The Labute approximate surface area is 112 Å². The molecule has 0 unspecified atom stereocenters. The predicted molar refractivity (Wildman–Crippen MR) is 80.7 cm³/mol. The Morgan fingerprint density at radius 1 is 0.941 bits per heavy atom. The molecule has 2 heteroatoms. The minimum Gasteiger partial charge on any atom is -0.370 e. The highest BCUT2D eigenvalue weighted by molar-refractivity contribution is 5.75. The van der Waals surface area contributed by atoms with Crippen molar-refractivity contribution in [3.63, 3.8) is 0 Å². The molecule has 1 nitrogen and oxygen atoms in total. The molecule has 0 bridgehead atoms. The molecule has 0 amide bonds. The van der Waals surface area contributed by atoms with Crippen molar-refractivity contribution in [3.8, 4) is 0 Å². The van der Waals surface area contributed by atoms with E-state index in [2.05, 4.69) is 48.5 Å². The normalized spacial score (nSPS) is 21.4. The molecule has 3 radical (unpaired) electrons. The Morgan fingerprint density at radius 3 is 1.47 bits per heavy atom. The average molecular weight is 241 g/mol. The molecule has 0 aromatic heterocycles. The van der Waals surface area contributed by atoms with E-state index in [-0.39, 0.29) is 27.0 Å². The van der Waals surface area contributed by atoms with E-state index in [1.54, 1.807) is 0 Å². The summed E-state index contributed by atoms with van der Waals surface area (Å²) in [6, 6.07) is 0. The number of hydrogen-bond acceptors (Lipinski definition) is 1. The van der Waals surface area contributed by atoms with Crippen LogP contribution in [0.3, 0.4) is 0 Å². The first-order chi connectivity index (χ1) is 6.76. The van der Waals surface area contributed by atoms with Crippen LogP contribution in [0.15, 0.2) is 0 Å². The van der Waals surface area contributed by atoms with Crippen LogP contribution in [0.2, 0.25) is 0 Å². The van der Waals surface area contributed by atoms with Gasteiger partial charge in [-0.25, -0.2) is 0 Å². The second kappa shape index (κ2) is 9.02. The number of rotatable bonds is 1. The molecule has 0 N–H and O–H groups in total. The SMILES string of the molecule is C.CCC.CCC1CC(C)(C)OC(C)(C)C1.[B]. The van der Waals surface area contributed by atoms with Gasteiger partial charge in [0, 0.05) is 8.41 Å². The highest BCUT2D eigenvalue weighted by Gasteiger charge is 2.38. The van der Waals surface area contributed by atoms with E-state index in [4.69, 9.17) is 4.74 Å². The van der Waals surface area contributed by atoms with Gasteiger partial charge in [-0.05, 0) is 46.5 Å². The lowest BCUT2D eigenvalue weighted by Gasteiger charge is -2.45. The van der Waals surface area contributed by atoms with Gasteiger partial charge in [0.25, 0.3) is 0 Å². The summed E-state index contributed by atoms with van der Waals surface area (Å²) in [5.74, 6) is 0.851. The van der Waals surface area contributed by atoms with Crippen LogP contribution in [0.25, 0.3) is 0 Å². The quantitative estimate of drug-likeness (QED) is 0.583. The van der Waals surface area contributed by atoms with Gasteiger partial charge in [-0.3, -0.25) is 0 Å². The van der Waals surface area contributed by atoms with Crippen LogP contribution in [0, 0.1) is 5.92 Å². The molecular weight excluding hydrogens is 207 g/mol. The minimum atomic E-state index is 0. The van der Waals surface area contributed by atoms with E-state index >= 15 is 0 Å². The summed E-state index contributed by atoms with van der Waals surface area (Å²) in [7, 11) is 0. The first-order valence-electron chi connectivity index (χ1n) is 6.46. The van der Waals surface area contributed by atoms with E-state index in [9.17, 15) is 0 Å². The van der Waals surface area contributed by atoms with Gasteiger partial charge in [0.2, 0.25) is 0 Å². The van der Waals surface area contributed by atoms with Gasteiger partial charge < -0.3 is 4.74 Å². The van der Waals surface area contributed by atoms with E-state index in [1.165, 1.54) is 25.7 Å². The second-order valence-corrected chi connectivity index (χ2v) is 6.01. The summed E-state index contributed by atoms with van der Waals surface area (Å²) in [6.45, 7) is 15.3. The van der Waals surface area contributed by atoms with Gasteiger partial charge in [-0.1, -0.05) is 41.0 Å². The summed E-state index contributed by atoms with van der Waals surface area (Å²) in [4.78, 5) is 0. The van der Waals surface area contributed by atoms with Crippen molar-refractivity contribution in [2.45, 2.75) is 92.8 Å². The fourth-order valence-electron chi connectivity index (χ4n) is 2.58. The topological polar surface area (TPSA) is 9.23 Å². The van der Waals surface area contributed by atoms with Crippen molar-refractivity contribution < 1.29 is 4.74 Å². The van der Waals surface area contributed by atoms with Crippen LogP contribution in [0.5, 0.6) is 0 Å². The third-order valence-electron chi connectivity index (χ3n) is 2.69. The highest BCUT2D eigenvalue weighted by atomic mass is 16.5. The molecule has 0 aromatic carbocycles. The highest BCUT2D eigenvalue weighted by Crippen LogP contribution is 2.39. The van der Waals surface area contributed by atoms with Crippen molar-refractivity contribution >= 4 is 8.41 Å². The molecule has 103 valence electrons. The lowest BCUT2D eigenvalue weighted by Crippen LogP contribution is -2.45. The average Bonchev–Trinajstić information content (AvgIpc) is 1.99. The number of ether oxygens (including phenoxy) is 1. The maximum atomic E-state index is 5.99. The second-order valence-electron chi connectivity index (χ2n) is 6.01. The van der Waals surface area contributed by atoms with E-state index < -0.39 is 0 Å². The fraction of sp³-hybridized carbons (Fsp3) is 1.00. The first-order valence-corrected chi connectivity index (χ1v) is 6.46. The Morgan fingerprint density at radius 2 is 1.24 bits per heavy atom. The van der Waals surface area contributed by atoms with E-state index in [1.807, 2.05) is 0 Å². The summed E-state index contributed by atoms with van der Waals surface area (Å²) >= 11 is 0. The lowest BCUT2D eigenvalue weighted by atomic mass is 9.79. The zero-order valence-electron chi connectivity index (χ0n) is 12.4. The summed E-state index contributed by atoms with van der Waals surface area (Å²) in [5.41, 5.74) is 0.171. The van der Waals surface area contributed by atoms with Gasteiger partial charge in [-0.15, -0.1) is 0 Å². The van der Waals surface area contributed by atoms with Crippen LogP contribution >= 0.6 is 0 Å². The van der Waals surface area contributed by atoms with E-state index in [0.29, 0.717) is 0 Å². The van der Waals surface area contributed by atoms with Crippen LogP contribution < -0.4 is 0 Å². The monoisotopic (exact) mass is 241 g/mol. The van der Waals surface area contributed by atoms with Crippen molar-refractivity contribution in [2.75, 3.05) is 0 Å². The summed E-state index contributed by atoms with van der Waals surface area (Å²) in [5, 5.41) is 0. The Bertz CT molecular complexity index is 160. The van der Waals surface area contributed by atoms with Gasteiger partial charge >= 0.3 is 0 Å². The molecule has 0 aromatic rings. The smallest absolute Gasteiger partial charge is 0.0636 e. The van der Waals surface area contributed by atoms with Gasteiger partial charge in [0.1, 0.15) is 0 Å². The van der Waals surface area contributed by atoms with Crippen LogP contribution in [-0.4, -0.2) is 19.6 Å². The lowest BCUT2D eigenvalue weighted by molar-refractivity contribution is -0.172. The molecule has 0 spiro atoms. The first kappa shape index (κ1) is 22.2. The molecule has 1 aliphatic rings. The molecule has 0 aliphatic carbocycles. The summed E-state index contributed by atoms with van der Waals surface area (Å²) in [6.07, 6.45) is 4.97. The van der Waals surface area contributed by atoms with Crippen molar-refractivity contribution in [1.29, 1.82) is 0 Å². The summed E-state index contributed by atoms with van der Waals surface area (Å²) < 4.78 is 5.99. The molecule has 1 fully saturated rings. The van der Waals surface area contributed by atoms with Crippen molar-refractivity contribution in [3.05, 3.63) is 0 Å². The predicted octanol–water partition coefficient (Wildman–Crippen LogP) is 5.05. The van der Waals surface area contributed by atoms with Crippen LogP contribution in [0.1, 0.15) is 81.6 Å². The minimum absolute atomic E-state index is 0. The Kier molecular flexibility index (Phi) is 11.8. The Hall–Kier alpha value is 0.0249. The van der Waals surface area contributed by atoms with Crippen molar-refractivity contribution in [2.24, 2.45) is 5.92 Å². The molecule has 0 saturated carbocycles. The molecule has 1 saturated heterocycles. The van der Waals surface area contributed by atoms with Crippen LogP contribution in [-0.2, 0) is 4.74 Å². The third-order valence-corrected chi connectivity index (χ3v) is 2.69. The number of hydrogen-bond donors (Lipinski definition) is 0. The molecule has 1 heterocycles. The van der Waals surface area contributed by atoms with Gasteiger partial charge in [0.05, 0.1) is 11.2 Å². The largest absolute Gasteiger partial charge is 0.370 e. The maximum Gasteiger partial charge on any atom is 0.0636 e. The van der Waals surface area contributed by atoms with Gasteiger partial charge in [-0.2, -0.15) is 0 Å². The van der Waals surface area contributed by atoms with Crippen molar-refractivity contribution in [1.82, 2.24) is 0 Å². The zero-order chi connectivity index (χ0) is 12.1. The maximum absolute atomic E-state index is 5.99. The Balaban J connectivity index is -0.000000356. The third kappa shape index (κ3) is 9.70. The van der Waals surface area contributed by atoms with E-state index in [0.717, 1.165) is 5.92 Å².